The van der Waals surface area contributed by atoms with Crippen LogP contribution in [-0.4, -0.2) is 36.8 Å². The molecule has 0 radical (unpaired) electrons. The minimum atomic E-state index is -0.971. The summed E-state index contributed by atoms with van der Waals surface area (Å²) in [5, 5.41) is 17.4. The van der Waals surface area contributed by atoms with Crippen molar-refractivity contribution < 1.29 is 18.7 Å². The molecule has 1 aliphatic rings. The van der Waals surface area contributed by atoms with E-state index in [1.54, 1.807) is 16.4 Å². The van der Waals surface area contributed by atoms with Crippen LogP contribution in [0, 0.1) is 18.6 Å². The smallest absolute Gasteiger partial charge is 0.322 e. The topological polar surface area (TPSA) is 71.2 Å². The molecule has 1 aliphatic heterocycles. The Labute approximate surface area is 125 Å². The first kappa shape index (κ1) is 14.6. The van der Waals surface area contributed by atoms with E-state index in [0.717, 1.165) is 12.1 Å². The molecule has 0 saturated heterocycles. The molecule has 0 saturated carbocycles. The summed E-state index contributed by atoms with van der Waals surface area (Å²) in [6.07, 6.45) is 0. The third-order valence-electron chi connectivity index (χ3n) is 3.81. The maximum Gasteiger partial charge on any atom is 0.322 e. The quantitative estimate of drug-likeness (QED) is 0.926. The lowest BCUT2D eigenvalue weighted by molar-refractivity contribution is -0.145. The van der Waals surface area contributed by atoms with Crippen molar-refractivity contribution >= 4 is 5.97 Å². The predicted molar refractivity (Wildman–Crippen MR) is 71.8 cm³/mol. The second-order valence-electron chi connectivity index (χ2n) is 5.28. The molecule has 116 valence electrons. The van der Waals surface area contributed by atoms with Crippen LogP contribution in [0.25, 0.3) is 0 Å². The number of hydrogen-bond donors (Lipinski definition) is 1. The van der Waals surface area contributed by atoms with Gasteiger partial charge in [0.1, 0.15) is 17.7 Å². The molecule has 0 fully saturated rings. The van der Waals surface area contributed by atoms with Crippen molar-refractivity contribution in [2.45, 2.75) is 32.6 Å². The van der Waals surface area contributed by atoms with Crippen LogP contribution in [0.15, 0.2) is 18.2 Å². The lowest BCUT2D eigenvalue weighted by Crippen LogP contribution is -2.47. The molecule has 1 aromatic heterocycles. The first-order valence-electron chi connectivity index (χ1n) is 6.75. The van der Waals surface area contributed by atoms with Gasteiger partial charge < -0.3 is 9.67 Å². The number of rotatable bonds is 3. The molecule has 2 aromatic rings. The Morgan fingerprint density at radius 1 is 1.36 bits per heavy atom. The van der Waals surface area contributed by atoms with Crippen molar-refractivity contribution in [3.8, 4) is 0 Å². The van der Waals surface area contributed by atoms with Crippen molar-refractivity contribution in [1.29, 1.82) is 0 Å². The number of hydrogen-bond acceptors (Lipinski definition) is 4. The van der Waals surface area contributed by atoms with Crippen LogP contribution in [-0.2, 0) is 24.4 Å². The van der Waals surface area contributed by atoms with E-state index in [0.29, 0.717) is 17.2 Å². The Balaban J connectivity index is 1.87. The average molecular weight is 308 g/mol. The van der Waals surface area contributed by atoms with Gasteiger partial charge in [-0.25, -0.2) is 8.78 Å². The van der Waals surface area contributed by atoms with E-state index in [9.17, 15) is 18.7 Å². The summed E-state index contributed by atoms with van der Waals surface area (Å²) in [5.41, 5.74) is 0.509. The lowest BCUT2D eigenvalue weighted by Gasteiger charge is -2.33. The van der Waals surface area contributed by atoms with Gasteiger partial charge in [0.2, 0.25) is 0 Å². The summed E-state index contributed by atoms with van der Waals surface area (Å²) < 4.78 is 28.0. The molecule has 2 heterocycles. The number of aliphatic carboxylic acids is 1. The molecule has 1 aromatic carbocycles. The zero-order valence-electron chi connectivity index (χ0n) is 11.8. The Morgan fingerprint density at radius 3 is 2.82 bits per heavy atom. The number of halogens is 2. The minimum absolute atomic E-state index is 0.195. The first-order valence-corrected chi connectivity index (χ1v) is 6.75. The number of aromatic nitrogens is 3. The fourth-order valence-electron chi connectivity index (χ4n) is 2.63. The first-order chi connectivity index (χ1) is 10.5. The van der Waals surface area contributed by atoms with Crippen LogP contribution >= 0.6 is 0 Å². The van der Waals surface area contributed by atoms with Crippen LogP contribution in [0.1, 0.15) is 17.2 Å². The fraction of sp³-hybridized carbons (Fsp3) is 0.357. The third kappa shape index (κ3) is 2.57. The van der Waals surface area contributed by atoms with Gasteiger partial charge in [-0.2, -0.15) is 0 Å². The zero-order chi connectivity index (χ0) is 15.9. The van der Waals surface area contributed by atoms with E-state index >= 15 is 0 Å². The van der Waals surface area contributed by atoms with Crippen LogP contribution in [0.2, 0.25) is 0 Å². The van der Waals surface area contributed by atoms with Gasteiger partial charge in [-0.1, -0.05) is 6.07 Å². The Hall–Kier alpha value is -2.35. The third-order valence-corrected chi connectivity index (χ3v) is 3.81. The van der Waals surface area contributed by atoms with Crippen molar-refractivity contribution in [3.05, 3.63) is 47.0 Å². The molecule has 8 heteroatoms. The van der Waals surface area contributed by atoms with Crippen LogP contribution < -0.4 is 0 Å². The molecule has 0 aliphatic carbocycles. The van der Waals surface area contributed by atoms with Crippen molar-refractivity contribution in [2.24, 2.45) is 0 Å². The van der Waals surface area contributed by atoms with Crippen molar-refractivity contribution in [2.75, 3.05) is 0 Å². The van der Waals surface area contributed by atoms with Gasteiger partial charge in [-0.05, 0) is 24.6 Å². The normalized spacial score (nSPS) is 18.2. The number of carboxylic acid groups (broad SMARTS) is 1. The molecule has 1 atom stereocenters. The number of nitrogens with zero attached hydrogens (tertiary/aromatic N) is 4. The second kappa shape index (κ2) is 5.45. The largest absolute Gasteiger partial charge is 0.480 e. The van der Waals surface area contributed by atoms with E-state index < -0.39 is 23.6 Å². The van der Waals surface area contributed by atoms with Gasteiger partial charge in [0.25, 0.3) is 0 Å². The summed E-state index contributed by atoms with van der Waals surface area (Å²) in [6.45, 7) is 2.48. The highest BCUT2D eigenvalue weighted by atomic mass is 19.2. The molecule has 1 unspecified atom stereocenters. The zero-order valence-corrected chi connectivity index (χ0v) is 11.8. The van der Waals surface area contributed by atoms with Gasteiger partial charge in [0.05, 0.1) is 13.1 Å². The average Bonchev–Trinajstić information content (AvgIpc) is 2.83. The van der Waals surface area contributed by atoms with E-state index in [4.69, 9.17) is 0 Å². The molecule has 22 heavy (non-hydrogen) atoms. The molecular formula is C14H14F2N4O2. The summed E-state index contributed by atoms with van der Waals surface area (Å²) in [6, 6.07) is 2.80. The maximum absolute atomic E-state index is 13.3. The Bertz CT molecular complexity index is 732. The van der Waals surface area contributed by atoms with Crippen LogP contribution in [0.5, 0.6) is 0 Å². The maximum atomic E-state index is 13.3. The molecular weight excluding hydrogens is 294 g/mol. The number of fused-ring (bicyclic) bond motifs is 1. The SMILES string of the molecule is Cc1nnc2n1CC(C(=O)O)N(Cc1ccc(F)c(F)c1)C2. The molecule has 0 amide bonds. The standard InChI is InChI=1S/C14H14F2N4O2/c1-8-17-18-13-7-19(12(14(21)22)6-20(8)13)5-9-2-3-10(15)11(16)4-9/h2-4,12H,5-7H2,1H3,(H,21,22). The highest BCUT2D eigenvalue weighted by Gasteiger charge is 2.33. The van der Waals surface area contributed by atoms with Gasteiger partial charge in [0.15, 0.2) is 11.6 Å². The number of carbonyl (C=O) groups is 1. The van der Waals surface area contributed by atoms with Crippen molar-refractivity contribution in [3.63, 3.8) is 0 Å². The highest BCUT2D eigenvalue weighted by molar-refractivity contribution is 5.73. The molecule has 0 bridgehead atoms. The van der Waals surface area contributed by atoms with E-state index in [1.807, 2.05) is 0 Å². The highest BCUT2D eigenvalue weighted by Crippen LogP contribution is 2.21. The molecule has 1 N–H and O–H groups in total. The molecule has 0 spiro atoms. The fourth-order valence-corrected chi connectivity index (χ4v) is 2.63. The number of benzene rings is 1. The number of carboxylic acids is 1. The predicted octanol–water partition coefficient (Wildman–Crippen LogP) is 1.33. The minimum Gasteiger partial charge on any atom is -0.480 e. The number of aryl methyl sites for hydroxylation is 1. The second-order valence-corrected chi connectivity index (χ2v) is 5.28. The summed E-state index contributed by atoms with van der Waals surface area (Å²) >= 11 is 0. The summed E-state index contributed by atoms with van der Waals surface area (Å²) in [4.78, 5) is 13.2. The van der Waals surface area contributed by atoms with Gasteiger partial charge in [0, 0.05) is 6.54 Å². The van der Waals surface area contributed by atoms with Gasteiger partial charge in [-0.3, -0.25) is 9.69 Å². The Morgan fingerprint density at radius 2 is 2.14 bits per heavy atom. The van der Waals surface area contributed by atoms with E-state index in [-0.39, 0.29) is 19.6 Å². The lowest BCUT2D eigenvalue weighted by atomic mass is 10.1. The van der Waals surface area contributed by atoms with Crippen molar-refractivity contribution in [1.82, 2.24) is 19.7 Å². The molecule has 3 rings (SSSR count). The van der Waals surface area contributed by atoms with Gasteiger partial charge in [-0.15, -0.1) is 10.2 Å². The molecule has 6 nitrogen and oxygen atoms in total. The van der Waals surface area contributed by atoms with E-state index in [1.165, 1.54) is 6.07 Å². The van der Waals surface area contributed by atoms with Crippen LogP contribution in [0.3, 0.4) is 0 Å². The van der Waals surface area contributed by atoms with E-state index in [2.05, 4.69) is 10.2 Å². The Kier molecular flexibility index (Phi) is 3.61. The van der Waals surface area contributed by atoms with Gasteiger partial charge >= 0.3 is 5.97 Å². The monoisotopic (exact) mass is 308 g/mol. The summed E-state index contributed by atoms with van der Waals surface area (Å²) in [5.74, 6) is -1.51. The summed E-state index contributed by atoms with van der Waals surface area (Å²) in [7, 11) is 0. The van der Waals surface area contributed by atoms with Crippen LogP contribution in [0.4, 0.5) is 8.78 Å².